The summed E-state index contributed by atoms with van der Waals surface area (Å²) in [6.45, 7) is 0. The third kappa shape index (κ3) is 3.29. The number of benzene rings is 2. The van der Waals surface area contributed by atoms with Crippen LogP contribution in [-0.4, -0.2) is 13.3 Å². The van der Waals surface area contributed by atoms with Crippen molar-refractivity contribution in [3.63, 3.8) is 0 Å². The number of hydrogen-bond donors (Lipinski definition) is 0. The monoisotopic (exact) mass is 331 g/mol. The molecule has 0 amide bonds. The lowest BCUT2D eigenvalue weighted by Crippen LogP contribution is -2.11. The largest absolute Gasteiger partial charge is 0.371 e. The highest BCUT2D eigenvalue weighted by molar-refractivity contribution is 7.87. The van der Waals surface area contributed by atoms with E-state index in [9.17, 15) is 22.9 Å². The molecule has 21 heavy (non-hydrogen) atoms. The molecule has 0 bridgehead atoms. The SMILES string of the molecule is O=[N+]([O-])c1ccc(F)cc1OS(=O)(=O)c1ccccc1Cl. The van der Waals surface area contributed by atoms with Gasteiger partial charge >= 0.3 is 15.8 Å². The van der Waals surface area contributed by atoms with Crippen molar-refractivity contribution in [2.45, 2.75) is 4.90 Å². The summed E-state index contributed by atoms with van der Waals surface area (Å²) in [5.74, 6) is -1.59. The highest BCUT2D eigenvalue weighted by Crippen LogP contribution is 2.31. The molecular formula is C12H7ClFNO5S. The van der Waals surface area contributed by atoms with Crippen molar-refractivity contribution in [1.29, 1.82) is 0 Å². The summed E-state index contributed by atoms with van der Waals surface area (Å²) < 4.78 is 41.9. The van der Waals surface area contributed by atoms with Gasteiger partial charge in [0.15, 0.2) is 0 Å². The van der Waals surface area contributed by atoms with Gasteiger partial charge in [0.1, 0.15) is 10.7 Å². The van der Waals surface area contributed by atoms with E-state index in [1.165, 1.54) is 24.3 Å². The van der Waals surface area contributed by atoms with Gasteiger partial charge in [-0.1, -0.05) is 23.7 Å². The van der Waals surface area contributed by atoms with Crippen molar-refractivity contribution < 1.29 is 21.9 Å². The highest BCUT2D eigenvalue weighted by Gasteiger charge is 2.25. The lowest BCUT2D eigenvalue weighted by molar-refractivity contribution is -0.385. The van der Waals surface area contributed by atoms with Gasteiger partial charge < -0.3 is 4.18 Å². The van der Waals surface area contributed by atoms with Crippen molar-refractivity contribution >= 4 is 27.4 Å². The molecule has 0 aliphatic carbocycles. The fourth-order valence-electron chi connectivity index (χ4n) is 1.52. The van der Waals surface area contributed by atoms with Crippen LogP contribution in [0.15, 0.2) is 47.4 Å². The van der Waals surface area contributed by atoms with Crippen LogP contribution in [0.25, 0.3) is 0 Å². The fraction of sp³-hybridized carbons (Fsp3) is 0. The van der Waals surface area contributed by atoms with E-state index in [2.05, 4.69) is 4.18 Å². The normalized spacial score (nSPS) is 11.1. The molecule has 0 aliphatic heterocycles. The van der Waals surface area contributed by atoms with Gasteiger partial charge in [0.25, 0.3) is 0 Å². The summed E-state index contributed by atoms with van der Waals surface area (Å²) in [5.41, 5.74) is -0.674. The van der Waals surface area contributed by atoms with Gasteiger partial charge in [-0.05, 0) is 18.2 Å². The second-order valence-corrected chi connectivity index (χ2v) is 5.76. The number of nitro benzene ring substituents is 1. The summed E-state index contributed by atoms with van der Waals surface area (Å²) in [6, 6.07) is 7.65. The Balaban J connectivity index is 2.49. The standard InChI is InChI=1S/C12H7ClFNO5S/c13-9-3-1-2-4-12(9)21(18,19)20-11-7-8(14)5-6-10(11)15(16)17/h1-7H. The van der Waals surface area contributed by atoms with Crippen molar-refractivity contribution in [2.75, 3.05) is 0 Å². The van der Waals surface area contributed by atoms with Crippen molar-refractivity contribution in [3.05, 3.63) is 63.4 Å². The Kier molecular flexibility index (Phi) is 4.10. The molecule has 0 fully saturated rings. The molecule has 0 saturated carbocycles. The lowest BCUT2D eigenvalue weighted by Gasteiger charge is -2.08. The molecule has 110 valence electrons. The zero-order valence-electron chi connectivity index (χ0n) is 10.2. The van der Waals surface area contributed by atoms with E-state index in [0.717, 1.165) is 12.1 Å². The van der Waals surface area contributed by atoms with E-state index in [4.69, 9.17) is 11.6 Å². The van der Waals surface area contributed by atoms with Crippen LogP contribution >= 0.6 is 11.6 Å². The van der Waals surface area contributed by atoms with Gasteiger partial charge in [-0.15, -0.1) is 0 Å². The van der Waals surface area contributed by atoms with E-state index in [-0.39, 0.29) is 9.92 Å². The molecule has 0 unspecified atom stereocenters. The third-order valence-electron chi connectivity index (χ3n) is 2.42. The molecule has 2 aromatic carbocycles. The van der Waals surface area contributed by atoms with Crippen LogP contribution in [-0.2, 0) is 10.1 Å². The van der Waals surface area contributed by atoms with Crippen LogP contribution in [0.3, 0.4) is 0 Å². The highest BCUT2D eigenvalue weighted by atomic mass is 35.5. The van der Waals surface area contributed by atoms with Gasteiger partial charge in [-0.2, -0.15) is 8.42 Å². The Bertz CT molecular complexity index is 809. The molecule has 0 atom stereocenters. The first kappa shape index (κ1) is 15.2. The Hall–Kier alpha value is -2.19. The molecule has 2 rings (SSSR count). The predicted octanol–water partition coefficient (Wildman–Crippen LogP) is 3.16. The van der Waals surface area contributed by atoms with E-state index in [0.29, 0.717) is 6.07 Å². The van der Waals surface area contributed by atoms with Crippen molar-refractivity contribution in [2.24, 2.45) is 0 Å². The molecule has 9 heteroatoms. The molecule has 0 N–H and O–H groups in total. The maximum absolute atomic E-state index is 13.1. The first-order chi connectivity index (χ1) is 9.81. The minimum atomic E-state index is -4.42. The quantitative estimate of drug-likeness (QED) is 0.488. The second-order valence-electron chi connectivity index (χ2n) is 3.84. The second kappa shape index (κ2) is 5.66. The van der Waals surface area contributed by atoms with Crippen molar-refractivity contribution in [3.8, 4) is 5.75 Å². The van der Waals surface area contributed by atoms with Crippen LogP contribution < -0.4 is 4.18 Å². The van der Waals surface area contributed by atoms with E-state index in [1.807, 2.05) is 0 Å². The summed E-state index contributed by atoms with van der Waals surface area (Å²) in [5, 5.41) is 10.7. The molecule has 0 aliphatic rings. The predicted molar refractivity (Wildman–Crippen MR) is 72.3 cm³/mol. The van der Waals surface area contributed by atoms with Crippen molar-refractivity contribution in [1.82, 2.24) is 0 Å². The summed E-state index contributed by atoms with van der Waals surface area (Å²) >= 11 is 5.74. The minimum Gasteiger partial charge on any atom is -0.371 e. The molecule has 0 spiro atoms. The molecule has 0 radical (unpaired) electrons. The first-order valence-corrected chi connectivity index (χ1v) is 7.23. The Morgan fingerprint density at radius 1 is 1.19 bits per heavy atom. The van der Waals surface area contributed by atoms with Crippen LogP contribution in [0.1, 0.15) is 0 Å². The Morgan fingerprint density at radius 3 is 2.48 bits per heavy atom. The zero-order chi connectivity index (χ0) is 15.6. The maximum atomic E-state index is 13.1. The topological polar surface area (TPSA) is 86.5 Å². The van der Waals surface area contributed by atoms with E-state index >= 15 is 0 Å². The van der Waals surface area contributed by atoms with Gasteiger partial charge in [0, 0.05) is 12.1 Å². The average Bonchev–Trinajstić information content (AvgIpc) is 2.38. The van der Waals surface area contributed by atoms with Gasteiger partial charge in [0.05, 0.1) is 9.95 Å². The minimum absolute atomic E-state index is 0.114. The number of hydrogen-bond acceptors (Lipinski definition) is 5. The number of nitro groups is 1. The number of halogens is 2. The van der Waals surface area contributed by atoms with Gasteiger partial charge in [-0.25, -0.2) is 4.39 Å². The van der Waals surface area contributed by atoms with Crippen LogP contribution in [0.2, 0.25) is 5.02 Å². The van der Waals surface area contributed by atoms with Gasteiger partial charge in [-0.3, -0.25) is 10.1 Å². The lowest BCUT2D eigenvalue weighted by atomic mass is 10.3. The van der Waals surface area contributed by atoms with E-state index in [1.54, 1.807) is 0 Å². The zero-order valence-corrected chi connectivity index (χ0v) is 11.8. The van der Waals surface area contributed by atoms with Crippen LogP contribution in [0, 0.1) is 15.9 Å². The van der Waals surface area contributed by atoms with Crippen LogP contribution in [0.5, 0.6) is 5.75 Å². The summed E-state index contributed by atoms with van der Waals surface area (Å²) in [7, 11) is -4.42. The number of rotatable bonds is 4. The molecule has 2 aromatic rings. The molecular weight excluding hydrogens is 325 g/mol. The smallest absolute Gasteiger partial charge is 0.340 e. The Morgan fingerprint density at radius 2 is 1.86 bits per heavy atom. The molecule has 0 aromatic heterocycles. The molecule has 6 nitrogen and oxygen atoms in total. The molecule has 0 heterocycles. The molecule has 0 saturated heterocycles. The summed E-state index contributed by atoms with van der Waals surface area (Å²) in [4.78, 5) is 9.56. The first-order valence-electron chi connectivity index (χ1n) is 5.44. The average molecular weight is 332 g/mol. The van der Waals surface area contributed by atoms with Gasteiger partial charge in [0.2, 0.25) is 5.75 Å². The third-order valence-corrected chi connectivity index (χ3v) is 4.16. The fourth-order valence-corrected chi connectivity index (χ4v) is 2.95. The number of nitrogens with zero attached hydrogens (tertiary/aromatic N) is 1. The van der Waals surface area contributed by atoms with Crippen LogP contribution in [0.4, 0.5) is 10.1 Å². The Labute approximate surface area is 124 Å². The van der Waals surface area contributed by atoms with E-state index < -0.39 is 32.3 Å². The maximum Gasteiger partial charge on any atom is 0.340 e. The summed E-state index contributed by atoms with van der Waals surface area (Å²) in [6.07, 6.45) is 0.